The van der Waals surface area contributed by atoms with E-state index in [4.69, 9.17) is 4.99 Å². The van der Waals surface area contributed by atoms with Crippen LogP contribution in [0.4, 0.5) is 24.5 Å². The number of alkyl halides is 3. The zero-order valence-electron chi connectivity index (χ0n) is 14.4. The summed E-state index contributed by atoms with van der Waals surface area (Å²) in [5, 5.41) is 0. The van der Waals surface area contributed by atoms with Crippen molar-refractivity contribution in [3.63, 3.8) is 0 Å². The van der Waals surface area contributed by atoms with Crippen LogP contribution in [0.25, 0.3) is 0 Å². The molecule has 3 aromatic rings. The van der Waals surface area contributed by atoms with Gasteiger partial charge < -0.3 is 4.90 Å². The largest absolute Gasteiger partial charge is 0.416 e. The molecule has 0 unspecified atom stereocenters. The second kappa shape index (κ2) is 6.91. The van der Waals surface area contributed by atoms with Crippen molar-refractivity contribution in [2.45, 2.75) is 12.7 Å². The number of anilines is 1. The van der Waals surface area contributed by atoms with Crippen molar-refractivity contribution in [2.24, 2.45) is 4.99 Å². The Hall–Kier alpha value is -3.08. The van der Waals surface area contributed by atoms with Crippen LogP contribution in [0.5, 0.6) is 0 Å². The minimum absolute atomic E-state index is 0.539. The Morgan fingerprint density at radius 3 is 2.19 bits per heavy atom. The lowest BCUT2D eigenvalue weighted by Gasteiger charge is -2.30. The van der Waals surface area contributed by atoms with Crippen molar-refractivity contribution in [3.05, 3.63) is 95.6 Å². The SMILES string of the molecule is FC(F)(F)c1ccc(C2=Nc3ccccc3N(Cc3ccccc3)C2)cc1. The van der Waals surface area contributed by atoms with Crippen molar-refractivity contribution >= 4 is 17.1 Å². The van der Waals surface area contributed by atoms with Gasteiger partial charge in [0.25, 0.3) is 0 Å². The molecule has 27 heavy (non-hydrogen) atoms. The predicted molar refractivity (Wildman–Crippen MR) is 102 cm³/mol. The predicted octanol–water partition coefficient (Wildman–Crippen LogP) is 5.85. The van der Waals surface area contributed by atoms with Gasteiger partial charge >= 0.3 is 6.18 Å². The normalized spacial score (nSPS) is 13.9. The fourth-order valence-corrected chi connectivity index (χ4v) is 3.23. The van der Waals surface area contributed by atoms with Gasteiger partial charge in [-0.05, 0) is 35.4 Å². The van der Waals surface area contributed by atoms with Crippen molar-refractivity contribution in [1.82, 2.24) is 0 Å². The van der Waals surface area contributed by atoms with Crippen LogP contribution in [-0.2, 0) is 12.7 Å². The van der Waals surface area contributed by atoms with Crippen LogP contribution in [0.15, 0.2) is 83.9 Å². The van der Waals surface area contributed by atoms with E-state index in [9.17, 15) is 13.2 Å². The number of fused-ring (bicyclic) bond motifs is 1. The average Bonchev–Trinajstić information content (AvgIpc) is 2.68. The number of aliphatic imine (C=N–C) groups is 1. The molecular weight excluding hydrogens is 349 g/mol. The molecule has 0 bridgehead atoms. The third-order valence-electron chi connectivity index (χ3n) is 4.58. The summed E-state index contributed by atoms with van der Waals surface area (Å²) in [6, 6.07) is 23.1. The highest BCUT2D eigenvalue weighted by Crippen LogP contribution is 2.34. The number of hydrogen-bond acceptors (Lipinski definition) is 2. The topological polar surface area (TPSA) is 15.6 Å². The summed E-state index contributed by atoms with van der Waals surface area (Å²) < 4.78 is 38.5. The smallest absolute Gasteiger partial charge is 0.360 e. The molecule has 5 heteroatoms. The van der Waals surface area contributed by atoms with Gasteiger partial charge in [0.2, 0.25) is 0 Å². The summed E-state index contributed by atoms with van der Waals surface area (Å²) in [6.07, 6.45) is -4.33. The van der Waals surface area contributed by atoms with Crippen LogP contribution in [0.1, 0.15) is 16.7 Å². The number of rotatable bonds is 3. The highest BCUT2D eigenvalue weighted by Gasteiger charge is 2.30. The molecule has 1 aliphatic rings. The third kappa shape index (κ3) is 3.72. The second-order valence-corrected chi connectivity index (χ2v) is 6.46. The molecule has 0 spiro atoms. The second-order valence-electron chi connectivity index (χ2n) is 6.46. The lowest BCUT2D eigenvalue weighted by Crippen LogP contribution is -2.32. The minimum Gasteiger partial charge on any atom is -0.360 e. The van der Waals surface area contributed by atoms with Crippen LogP contribution in [-0.4, -0.2) is 12.3 Å². The molecule has 0 aromatic heterocycles. The number of halogens is 3. The summed E-state index contributed by atoms with van der Waals surface area (Å²) in [5.41, 5.74) is 3.84. The first-order chi connectivity index (χ1) is 13.0. The number of benzene rings is 3. The first kappa shape index (κ1) is 17.3. The van der Waals surface area contributed by atoms with E-state index in [1.807, 2.05) is 42.5 Å². The summed E-state index contributed by atoms with van der Waals surface area (Å²) >= 11 is 0. The number of para-hydroxylation sites is 2. The molecule has 0 amide bonds. The van der Waals surface area contributed by atoms with E-state index in [-0.39, 0.29) is 0 Å². The monoisotopic (exact) mass is 366 g/mol. The Kier molecular flexibility index (Phi) is 4.44. The van der Waals surface area contributed by atoms with E-state index in [0.29, 0.717) is 18.7 Å². The maximum Gasteiger partial charge on any atom is 0.416 e. The molecule has 0 aliphatic carbocycles. The van der Waals surface area contributed by atoms with Crippen molar-refractivity contribution < 1.29 is 13.2 Å². The Balaban J connectivity index is 1.67. The van der Waals surface area contributed by atoms with E-state index in [1.54, 1.807) is 0 Å². The van der Waals surface area contributed by atoms with E-state index in [2.05, 4.69) is 17.0 Å². The molecule has 0 saturated carbocycles. The van der Waals surface area contributed by atoms with Crippen molar-refractivity contribution in [1.29, 1.82) is 0 Å². The van der Waals surface area contributed by atoms with Gasteiger partial charge in [0.1, 0.15) is 0 Å². The fraction of sp³-hybridized carbons (Fsp3) is 0.136. The zero-order chi connectivity index (χ0) is 18.9. The Morgan fingerprint density at radius 2 is 1.48 bits per heavy atom. The van der Waals surface area contributed by atoms with Gasteiger partial charge in [-0.3, -0.25) is 0 Å². The molecule has 136 valence electrons. The van der Waals surface area contributed by atoms with Crippen LogP contribution in [0.3, 0.4) is 0 Å². The Labute approximate surface area is 155 Å². The standard InChI is InChI=1S/C22H17F3N2/c23-22(24,25)18-12-10-17(11-13-18)20-15-27(14-16-6-2-1-3-7-16)21-9-5-4-8-19(21)26-20/h1-13H,14-15H2. The van der Waals surface area contributed by atoms with Gasteiger partial charge in [-0.15, -0.1) is 0 Å². The summed E-state index contributed by atoms with van der Waals surface area (Å²) in [4.78, 5) is 6.89. The molecule has 0 atom stereocenters. The van der Waals surface area contributed by atoms with Gasteiger partial charge in [-0.25, -0.2) is 4.99 Å². The van der Waals surface area contributed by atoms with Gasteiger partial charge in [-0.1, -0.05) is 54.6 Å². The molecule has 3 aromatic carbocycles. The molecule has 0 N–H and O–H groups in total. The molecule has 1 aliphatic heterocycles. The molecule has 0 saturated heterocycles. The van der Waals surface area contributed by atoms with Crippen molar-refractivity contribution in [3.8, 4) is 0 Å². The lowest BCUT2D eigenvalue weighted by molar-refractivity contribution is -0.137. The van der Waals surface area contributed by atoms with Crippen LogP contribution >= 0.6 is 0 Å². The third-order valence-corrected chi connectivity index (χ3v) is 4.58. The summed E-state index contributed by atoms with van der Waals surface area (Å²) in [7, 11) is 0. The van der Waals surface area contributed by atoms with Crippen LogP contribution in [0.2, 0.25) is 0 Å². The van der Waals surface area contributed by atoms with Gasteiger partial charge in [-0.2, -0.15) is 13.2 Å². The van der Waals surface area contributed by atoms with E-state index in [1.165, 1.54) is 17.7 Å². The summed E-state index contributed by atoms with van der Waals surface area (Å²) in [6.45, 7) is 1.24. The summed E-state index contributed by atoms with van der Waals surface area (Å²) in [5.74, 6) is 0. The Morgan fingerprint density at radius 1 is 0.815 bits per heavy atom. The molecule has 2 nitrogen and oxygen atoms in total. The van der Waals surface area contributed by atoms with Gasteiger partial charge in [0.05, 0.1) is 29.2 Å². The van der Waals surface area contributed by atoms with E-state index < -0.39 is 11.7 Å². The molecular formula is C22H17F3N2. The van der Waals surface area contributed by atoms with Gasteiger partial charge in [0.15, 0.2) is 0 Å². The first-order valence-electron chi connectivity index (χ1n) is 8.64. The van der Waals surface area contributed by atoms with Crippen LogP contribution < -0.4 is 4.90 Å². The maximum atomic E-state index is 12.8. The fourth-order valence-electron chi connectivity index (χ4n) is 3.23. The van der Waals surface area contributed by atoms with Gasteiger partial charge in [0, 0.05) is 6.54 Å². The molecule has 0 radical (unpaired) electrons. The highest BCUT2D eigenvalue weighted by atomic mass is 19.4. The van der Waals surface area contributed by atoms with E-state index >= 15 is 0 Å². The quantitative estimate of drug-likeness (QED) is 0.568. The zero-order valence-corrected chi connectivity index (χ0v) is 14.4. The number of hydrogen-bond donors (Lipinski definition) is 0. The minimum atomic E-state index is -4.33. The molecule has 0 fully saturated rings. The first-order valence-corrected chi connectivity index (χ1v) is 8.64. The van der Waals surface area contributed by atoms with Crippen LogP contribution in [0, 0.1) is 0 Å². The van der Waals surface area contributed by atoms with E-state index in [0.717, 1.165) is 29.2 Å². The molecule has 4 rings (SSSR count). The van der Waals surface area contributed by atoms with Crippen molar-refractivity contribution in [2.75, 3.05) is 11.4 Å². The Bertz CT molecular complexity index is 961. The lowest BCUT2D eigenvalue weighted by atomic mass is 10.0. The average molecular weight is 366 g/mol. The molecule has 1 heterocycles. The number of nitrogens with zero attached hydrogens (tertiary/aromatic N) is 2. The maximum absolute atomic E-state index is 12.8. The highest BCUT2D eigenvalue weighted by molar-refractivity contribution is 6.07.